The number of hydrogen-bond donors (Lipinski definition) is 9. The van der Waals surface area contributed by atoms with Gasteiger partial charge in [-0.25, -0.2) is 0 Å². The van der Waals surface area contributed by atoms with Crippen LogP contribution in [0.25, 0.3) is 0 Å². The van der Waals surface area contributed by atoms with Gasteiger partial charge in [0.15, 0.2) is 23.9 Å². The molecule has 2 aliphatic heterocycles. The van der Waals surface area contributed by atoms with Crippen molar-refractivity contribution in [3.8, 4) is 17.2 Å². The lowest BCUT2D eigenvalue weighted by Crippen LogP contribution is -2.72. The molecule has 17 nitrogen and oxygen atoms in total. The van der Waals surface area contributed by atoms with Crippen LogP contribution in [0.2, 0.25) is 0 Å². The van der Waals surface area contributed by atoms with E-state index < -0.39 is 79.5 Å². The molecule has 17 heteroatoms. The minimum Gasteiger partial charge on any atom is -0.506 e. The first kappa shape index (κ1) is 36.3. The van der Waals surface area contributed by atoms with Crippen LogP contribution >= 0.6 is 0 Å². The van der Waals surface area contributed by atoms with E-state index in [0.29, 0.717) is 11.1 Å². The number of nitrogens with two attached hydrogens (primary N) is 1. The van der Waals surface area contributed by atoms with Crippen LogP contribution in [0.4, 0.5) is 5.69 Å². The van der Waals surface area contributed by atoms with Crippen molar-refractivity contribution in [2.75, 3.05) is 13.2 Å². The normalized spacial score (nSPS) is 33.2. The fourth-order valence-electron chi connectivity index (χ4n) is 5.26. The molecule has 11 atom stereocenters. The zero-order valence-corrected chi connectivity index (χ0v) is 25.5. The van der Waals surface area contributed by atoms with Gasteiger partial charge in [-0.3, -0.25) is 10.5 Å². The Kier molecular flexibility index (Phi) is 11.7. The second kappa shape index (κ2) is 15.2. The van der Waals surface area contributed by atoms with E-state index in [2.05, 4.69) is 5.18 Å². The number of esters is 1. The topological polar surface area (TPSA) is 281 Å². The Morgan fingerprint density at radius 1 is 0.957 bits per heavy atom. The molecule has 2 heterocycles. The molecule has 0 spiro atoms. The number of phenolic OH excluding ortho intramolecular Hbond substituents is 3. The van der Waals surface area contributed by atoms with Gasteiger partial charge in [0.05, 0.1) is 18.6 Å². The Bertz CT molecular complexity index is 1400. The lowest BCUT2D eigenvalue weighted by Gasteiger charge is -2.49. The quantitative estimate of drug-likeness (QED) is 0.0575. The van der Waals surface area contributed by atoms with E-state index in [1.807, 2.05) is 0 Å². The van der Waals surface area contributed by atoms with Gasteiger partial charge < -0.3 is 64.5 Å². The highest BCUT2D eigenvalue weighted by Crippen LogP contribution is 2.34. The third-order valence-electron chi connectivity index (χ3n) is 8.11. The monoisotopic (exact) mass is 668 g/mol. The number of ether oxygens (including phenoxy) is 5. The van der Waals surface area contributed by atoms with E-state index in [1.54, 1.807) is 6.92 Å². The van der Waals surface area contributed by atoms with Crippen molar-refractivity contribution < 1.29 is 69.3 Å². The van der Waals surface area contributed by atoms with Crippen molar-refractivity contribution in [3.05, 3.63) is 52.4 Å². The van der Waals surface area contributed by atoms with E-state index in [9.17, 15) is 50.6 Å². The van der Waals surface area contributed by atoms with Gasteiger partial charge in [0.2, 0.25) is 0 Å². The Balaban J connectivity index is 1.48. The number of rotatable bonds is 12. The van der Waals surface area contributed by atoms with E-state index in [-0.39, 0.29) is 42.4 Å². The smallest absolute Gasteiger partial charge is 0.309 e. The van der Waals surface area contributed by atoms with E-state index >= 15 is 0 Å². The molecule has 10 N–H and O–H groups in total. The van der Waals surface area contributed by atoms with Crippen molar-refractivity contribution >= 4 is 11.7 Å². The fraction of sp³-hybridized carbons (Fsp3) is 0.567. The van der Waals surface area contributed by atoms with Gasteiger partial charge in [-0.15, -0.1) is 4.91 Å². The van der Waals surface area contributed by atoms with Crippen LogP contribution in [0.1, 0.15) is 25.0 Å². The molecule has 0 saturated carbocycles. The highest BCUT2D eigenvalue weighted by Gasteiger charge is 2.56. The number of nitroso groups, excluding NO2 is 1. The maximum atomic E-state index is 12.9. The highest BCUT2D eigenvalue weighted by atomic mass is 16.8. The lowest BCUT2D eigenvalue weighted by atomic mass is 9.95. The molecule has 4 rings (SSSR count). The molecule has 0 radical (unpaired) electrons. The predicted molar refractivity (Wildman–Crippen MR) is 158 cm³/mol. The maximum absolute atomic E-state index is 12.9. The largest absolute Gasteiger partial charge is 0.506 e. The molecule has 2 aliphatic rings. The number of aliphatic hydroxyl groups is 5. The van der Waals surface area contributed by atoms with Crippen molar-refractivity contribution in [1.29, 1.82) is 0 Å². The van der Waals surface area contributed by atoms with Gasteiger partial charge >= 0.3 is 5.97 Å². The summed E-state index contributed by atoms with van der Waals surface area (Å²) in [5.41, 5.74) is 7.19. The maximum Gasteiger partial charge on any atom is 0.309 e. The van der Waals surface area contributed by atoms with Crippen LogP contribution < -0.4 is 5.73 Å². The number of aliphatic hydroxyl groups excluding tert-OH is 5. The summed E-state index contributed by atoms with van der Waals surface area (Å²) in [7, 11) is 0. The van der Waals surface area contributed by atoms with Crippen molar-refractivity contribution in [3.63, 3.8) is 0 Å². The number of aromatic hydroxyl groups is 3. The summed E-state index contributed by atoms with van der Waals surface area (Å²) in [6.45, 7) is 2.10. The molecule has 260 valence electrons. The number of phenols is 3. The average Bonchev–Trinajstić information content (AvgIpc) is 3.03. The number of carbonyl (C=O) groups excluding carboxylic acids is 1. The van der Waals surface area contributed by atoms with Crippen LogP contribution in [0.15, 0.2) is 41.6 Å². The second-order valence-electron chi connectivity index (χ2n) is 11.7. The lowest BCUT2D eigenvalue weighted by molar-refractivity contribution is -0.390. The van der Waals surface area contributed by atoms with Crippen LogP contribution in [0.3, 0.4) is 0 Å². The van der Waals surface area contributed by atoms with Crippen molar-refractivity contribution in [2.45, 2.75) is 87.7 Å². The van der Waals surface area contributed by atoms with Crippen molar-refractivity contribution in [2.24, 2.45) is 16.8 Å². The van der Waals surface area contributed by atoms with Gasteiger partial charge in [-0.1, -0.05) is 19.1 Å². The molecule has 2 fully saturated rings. The zero-order valence-electron chi connectivity index (χ0n) is 25.5. The number of carbonyl (C=O) groups is 1. The SMILES string of the molecule is CC(Cc1ccc(O)c(O)c1)C(=O)OCC1OC(N)(OCCc2ccc(N=O)c(O)c2)C(O)C(OC2OC(C)C(O)C(O)C2O)C1O. The van der Waals surface area contributed by atoms with Gasteiger partial charge in [0.25, 0.3) is 5.91 Å². The molecule has 0 bridgehead atoms. The second-order valence-corrected chi connectivity index (χ2v) is 11.7. The van der Waals surface area contributed by atoms with Crippen LogP contribution in [-0.2, 0) is 41.3 Å². The first-order chi connectivity index (χ1) is 22.1. The number of hydrogen-bond acceptors (Lipinski definition) is 17. The fourth-order valence-corrected chi connectivity index (χ4v) is 5.26. The van der Waals surface area contributed by atoms with Gasteiger partial charge in [-0.2, -0.15) is 0 Å². The Morgan fingerprint density at radius 2 is 1.64 bits per heavy atom. The molecule has 47 heavy (non-hydrogen) atoms. The zero-order chi connectivity index (χ0) is 34.6. The molecule has 2 aromatic rings. The third-order valence-corrected chi connectivity index (χ3v) is 8.11. The Labute approximate surface area is 268 Å². The summed E-state index contributed by atoms with van der Waals surface area (Å²) in [6, 6.07) is 8.16. The summed E-state index contributed by atoms with van der Waals surface area (Å²) >= 11 is 0. The third kappa shape index (κ3) is 8.33. The molecule has 0 aliphatic carbocycles. The minimum atomic E-state index is -2.41. The van der Waals surface area contributed by atoms with Crippen LogP contribution in [0, 0.1) is 10.8 Å². The average molecular weight is 669 g/mol. The first-order valence-electron chi connectivity index (χ1n) is 14.8. The number of nitrogens with zero attached hydrogens (tertiary/aromatic N) is 1. The number of benzene rings is 2. The molecule has 0 aromatic heterocycles. The summed E-state index contributed by atoms with van der Waals surface area (Å²) < 4.78 is 28.0. The van der Waals surface area contributed by atoms with Gasteiger partial charge in [0.1, 0.15) is 54.7 Å². The van der Waals surface area contributed by atoms with Crippen molar-refractivity contribution in [1.82, 2.24) is 0 Å². The highest BCUT2D eigenvalue weighted by molar-refractivity contribution is 5.72. The van der Waals surface area contributed by atoms with E-state index in [4.69, 9.17) is 29.4 Å². The van der Waals surface area contributed by atoms with Gasteiger partial charge in [-0.05, 0) is 60.3 Å². The molecule has 2 saturated heterocycles. The molecule has 2 aromatic carbocycles. The molecular formula is C30H40N2O15. The summed E-state index contributed by atoms with van der Waals surface area (Å²) in [4.78, 5) is 23.6. The van der Waals surface area contributed by atoms with E-state index in [0.717, 1.165) is 0 Å². The first-order valence-corrected chi connectivity index (χ1v) is 14.8. The Hall–Kier alpha value is -3.49. The van der Waals surface area contributed by atoms with Crippen LogP contribution in [-0.4, -0.2) is 121 Å². The van der Waals surface area contributed by atoms with Gasteiger partial charge in [0, 0.05) is 0 Å². The predicted octanol–water partition coefficient (Wildman–Crippen LogP) is -0.872. The summed E-state index contributed by atoms with van der Waals surface area (Å²) in [5.74, 6) is -4.95. The van der Waals surface area contributed by atoms with Crippen LogP contribution in [0.5, 0.6) is 17.2 Å². The summed E-state index contributed by atoms with van der Waals surface area (Å²) in [5, 5.41) is 85.0. The molecule has 0 amide bonds. The minimum absolute atomic E-state index is 0.0891. The Morgan fingerprint density at radius 3 is 2.30 bits per heavy atom. The van der Waals surface area contributed by atoms with E-state index in [1.165, 1.54) is 43.3 Å². The molecular weight excluding hydrogens is 628 g/mol. The summed E-state index contributed by atoms with van der Waals surface area (Å²) in [6.07, 6.45) is -14.3. The molecule has 11 unspecified atom stereocenters. The standard InChI is InChI=1S/C30H40N2O15/c1-13(9-16-4-6-18(33)20(35)11-16)28(41)43-12-21-23(37)26(46-29-25(39)24(38)22(36)14(2)45-29)27(40)30(31,47-21)44-8-7-15-3-5-17(32-42)19(34)10-15/h3-6,10-11,13-14,21-27,29,33-40H,7-9,12,31H2,1-2H3.